The van der Waals surface area contributed by atoms with Crippen LogP contribution < -0.4 is 16.4 Å². The number of hydrogen-bond acceptors (Lipinski definition) is 3. The lowest BCUT2D eigenvalue weighted by Crippen LogP contribution is -2.27. The molecule has 0 aromatic heterocycles. The van der Waals surface area contributed by atoms with Crippen molar-refractivity contribution in [3.05, 3.63) is 95.1 Å². The molecule has 0 spiro atoms. The number of anilines is 2. The van der Waals surface area contributed by atoms with Gasteiger partial charge in [0.2, 0.25) is 5.91 Å². The highest BCUT2D eigenvalue weighted by atomic mass is 16.2. The average Bonchev–Trinajstić information content (AvgIpc) is 3.16. The van der Waals surface area contributed by atoms with Gasteiger partial charge in [-0.05, 0) is 60.2 Å². The van der Waals surface area contributed by atoms with Crippen molar-refractivity contribution in [2.45, 2.75) is 31.7 Å². The molecule has 1 unspecified atom stereocenters. The fourth-order valence-corrected chi connectivity index (χ4v) is 3.88. The monoisotopic (exact) mass is 399 g/mol. The van der Waals surface area contributed by atoms with E-state index in [1.807, 2.05) is 60.7 Å². The topological polar surface area (TPSA) is 84.2 Å². The van der Waals surface area contributed by atoms with Crippen molar-refractivity contribution < 1.29 is 9.59 Å². The van der Waals surface area contributed by atoms with Gasteiger partial charge in [-0.25, -0.2) is 0 Å². The van der Waals surface area contributed by atoms with Crippen LogP contribution in [0.5, 0.6) is 0 Å². The van der Waals surface area contributed by atoms with Crippen molar-refractivity contribution in [3.63, 3.8) is 0 Å². The fourth-order valence-electron chi connectivity index (χ4n) is 3.88. The molecule has 0 aliphatic heterocycles. The SMILES string of the molecule is Nc1ccccc1NC(=O)c1ccc2c(c1)CCC2NC(=O)CCc1ccccc1. The van der Waals surface area contributed by atoms with Crippen LogP contribution in [0.1, 0.15) is 45.9 Å². The Bertz CT molecular complexity index is 1060. The standard InChI is InChI=1S/C25H25N3O2/c26-21-8-4-5-9-23(21)28-25(30)19-11-13-20-18(16-19)12-14-22(20)27-24(29)15-10-17-6-2-1-3-7-17/h1-9,11,13,16,22H,10,12,14-15,26H2,(H,27,29)(H,28,30). The molecule has 5 nitrogen and oxygen atoms in total. The van der Waals surface area contributed by atoms with Crippen LogP contribution in [0, 0.1) is 0 Å². The van der Waals surface area contributed by atoms with E-state index in [1.54, 1.807) is 12.1 Å². The van der Waals surface area contributed by atoms with Crippen LogP contribution in [-0.4, -0.2) is 11.8 Å². The van der Waals surface area contributed by atoms with Crippen LogP contribution in [0.25, 0.3) is 0 Å². The van der Waals surface area contributed by atoms with Gasteiger partial charge in [0, 0.05) is 12.0 Å². The Hall–Kier alpha value is -3.60. The highest BCUT2D eigenvalue weighted by Crippen LogP contribution is 2.32. The second-order valence-corrected chi connectivity index (χ2v) is 7.60. The molecule has 0 radical (unpaired) electrons. The first-order valence-electron chi connectivity index (χ1n) is 10.2. The molecule has 4 rings (SSSR count). The largest absolute Gasteiger partial charge is 0.397 e. The number of nitrogens with one attached hydrogen (secondary N) is 2. The van der Waals surface area contributed by atoms with E-state index < -0.39 is 0 Å². The zero-order valence-corrected chi connectivity index (χ0v) is 16.7. The van der Waals surface area contributed by atoms with Crippen LogP contribution in [-0.2, 0) is 17.6 Å². The van der Waals surface area contributed by atoms with E-state index in [0.29, 0.717) is 23.4 Å². The number of amides is 2. The van der Waals surface area contributed by atoms with Gasteiger partial charge >= 0.3 is 0 Å². The lowest BCUT2D eigenvalue weighted by Gasteiger charge is -2.15. The number of nitrogens with two attached hydrogens (primary N) is 1. The third-order valence-electron chi connectivity index (χ3n) is 5.51. The highest BCUT2D eigenvalue weighted by Gasteiger charge is 2.25. The molecule has 0 fully saturated rings. The molecule has 0 bridgehead atoms. The van der Waals surface area contributed by atoms with E-state index in [2.05, 4.69) is 10.6 Å². The van der Waals surface area contributed by atoms with Crippen LogP contribution >= 0.6 is 0 Å². The first kappa shape index (κ1) is 19.7. The minimum absolute atomic E-state index is 0.00477. The van der Waals surface area contributed by atoms with Gasteiger partial charge in [-0.15, -0.1) is 0 Å². The van der Waals surface area contributed by atoms with Crippen LogP contribution in [0.4, 0.5) is 11.4 Å². The summed E-state index contributed by atoms with van der Waals surface area (Å²) in [5, 5.41) is 6.00. The van der Waals surface area contributed by atoms with Crippen LogP contribution in [0.2, 0.25) is 0 Å². The van der Waals surface area contributed by atoms with Gasteiger partial charge in [0.1, 0.15) is 0 Å². The normalized spacial score (nSPS) is 14.7. The number of hydrogen-bond donors (Lipinski definition) is 3. The molecule has 0 saturated heterocycles. The molecule has 0 heterocycles. The van der Waals surface area contributed by atoms with Gasteiger partial charge in [-0.1, -0.05) is 48.5 Å². The molecular weight excluding hydrogens is 374 g/mol. The van der Waals surface area contributed by atoms with E-state index in [0.717, 1.165) is 36.0 Å². The minimum Gasteiger partial charge on any atom is -0.397 e. The number of aryl methyl sites for hydroxylation is 2. The van der Waals surface area contributed by atoms with Gasteiger partial charge in [-0.2, -0.15) is 0 Å². The van der Waals surface area contributed by atoms with Crippen molar-refractivity contribution >= 4 is 23.2 Å². The third-order valence-corrected chi connectivity index (χ3v) is 5.51. The summed E-state index contributed by atoms with van der Waals surface area (Å²) in [6.07, 6.45) is 2.89. The quantitative estimate of drug-likeness (QED) is 0.542. The molecule has 5 heteroatoms. The van der Waals surface area contributed by atoms with E-state index in [4.69, 9.17) is 5.73 Å². The molecule has 1 aliphatic carbocycles. The number of carbonyl (C=O) groups is 2. The predicted octanol–water partition coefficient (Wildman–Crippen LogP) is 4.26. The van der Waals surface area contributed by atoms with Crippen molar-refractivity contribution in [3.8, 4) is 0 Å². The zero-order valence-electron chi connectivity index (χ0n) is 16.7. The molecule has 4 N–H and O–H groups in total. The molecular formula is C25H25N3O2. The number of para-hydroxylation sites is 2. The molecule has 30 heavy (non-hydrogen) atoms. The summed E-state index contributed by atoms with van der Waals surface area (Å²) in [5.41, 5.74) is 11.0. The Morgan fingerprint density at radius 2 is 1.73 bits per heavy atom. The van der Waals surface area contributed by atoms with E-state index in [1.165, 1.54) is 0 Å². The first-order chi connectivity index (χ1) is 14.6. The number of fused-ring (bicyclic) bond motifs is 1. The van der Waals surface area contributed by atoms with Gasteiger partial charge in [0.05, 0.1) is 17.4 Å². The Morgan fingerprint density at radius 1 is 0.967 bits per heavy atom. The zero-order chi connectivity index (χ0) is 20.9. The summed E-state index contributed by atoms with van der Waals surface area (Å²) in [5.74, 6) is -0.135. The Morgan fingerprint density at radius 3 is 2.53 bits per heavy atom. The third kappa shape index (κ3) is 4.51. The van der Waals surface area contributed by atoms with E-state index in [9.17, 15) is 9.59 Å². The maximum Gasteiger partial charge on any atom is 0.255 e. The summed E-state index contributed by atoms with van der Waals surface area (Å²) in [7, 11) is 0. The maximum atomic E-state index is 12.6. The molecule has 1 aliphatic rings. The Labute approximate surface area is 176 Å². The minimum atomic E-state index is -0.189. The lowest BCUT2D eigenvalue weighted by atomic mass is 10.0. The first-order valence-corrected chi connectivity index (χ1v) is 10.2. The van der Waals surface area contributed by atoms with Crippen molar-refractivity contribution in [2.24, 2.45) is 0 Å². The lowest BCUT2D eigenvalue weighted by molar-refractivity contribution is -0.121. The van der Waals surface area contributed by atoms with Crippen molar-refractivity contribution in [1.29, 1.82) is 0 Å². The molecule has 2 amide bonds. The van der Waals surface area contributed by atoms with Gasteiger partial charge in [-0.3, -0.25) is 9.59 Å². The highest BCUT2D eigenvalue weighted by molar-refractivity contribution is 6.05. The summed E-state index contributed by atoms with van der Waals surface area (Å²) < 4.78 is 0. The van der Waals surface area contributed by atoms with Crippen LogP contribution in [0.15, 0.2) is 72.8 Å². The summed E-state index contributed by atoms with van der Waals surface area (Å²) in [6, 6.07) is 22.9. The summed E-state index contributed by atoms with van der Waals surface area (Å²) in [4.78, 5) is 25.0. The summed E-state index contributed by atoms with van der Waals surface area (Å²) in [6.45, 7) is 0. The van der Waals surface area contributed by atoms with Crippen molar-refractivity contribution in [1.82, 2.24) is 5.32 Å². The van der Waals surface area contributed by atoms with Gasteiger partial charge in [0.15, 0.2) is 0 Å². The molecule has 1 atom stereocenters. The Balaban J connectivity index is 1.38. The van der Waals surface area contributed by atoms with Crippen LogP contribution in [0.3, 0.4) is 0 Å². The maximum absolute atomic E-state index is 12.6. The molecule has 3 aromatic carbocycles. The smallest absolute Gasteiger partial charge is 0.255 e. The van der Waals surface area contributed by atoms with E-state index >= 15 is 0 Å². The second kappa shape index (κ2) is 8.82. The number of carbonyl (C=O) groups excluding carboxylic acids is 2. The Kier molecular flexibility index (Phi) is 5.80. The van der Waals surface area contributed by atoms with E-state index in [-0.39, 0.29) is 17.9 Å². The van der Waals surface area contributed by atoms with Gasteiger partial charge in [0.25, 0.3) is 5.91 Å². The predicted molar refractivity (Wildman–Crippen MR) is 119 cm³/mol. The molecule has 3 aromatic rings. The summed E-state index contributed by atoms with van der Waals surface area (Å²) >= 11 is 0. The molecule has 0 saturated carbocycles. The number of benzene rings is 3. The van der Waals surface area contributed by atoms with Crippen molar-refractivity contribution in [2.75, 3.05) is 11.1 Å². The second-order valence-electron chi connectivity index (χ2n) is 7.60. The average molecular weight is 399 g/mol. The number of rotatable bonds is 6. The fraction of sp³-hybridized carbons (Fsp3) is 0.200. The van der Waals surface area contributed by atoms with Gasteiger partial charge < -0.3 is 16.4 Å². The number of nitrogen functional groups attached to an aromatic ring is 1. The molecule has 152 valence electrons.